The van der Waals surface area contributed by atoms with E-state index in [1.54, 1.807) is 42.5 Å². The molecule has 0 nitrogen and oxygen atoms in total. The van der Waals surface area contributed by atoms with Crippen LogP contribution in [-0.4, -0.2) is 0 Å². The molecule has 0 atom stereocenters. The SMILES string of the molecule is Cc1ccc(-c2ccc(C(F)(F)F)c(-c3ccccc3)c2)cc1C. The standard InChI is InChI=1S/C21H17F3/c1-14-8-9-17(12-15(14)2)18-10-11-20(21(22,23)24)19(13-18)16-6-4-3-5-7-16/h3-13H,1-2H3. The Morgan fingerprint density at radius 1 is 0.625 bits per heavy atom. The first-order valence-electron chi connectivity index (χ1n) is 7.70. The van der Waals surface area contributed by atoms with Crippen LogP contribution < -0.4 is 0 Å². The highest BCUT2D eigenvalue weighted by Gasteiger charge is 2.33. The Balaban J connectivity index is 2.19. The van der Waals surface area contributed by atoms with E-state index >= 15 is 0 Å². The molecule has 0 saturated carbocycles. The van der Waals surface area contributed by atoms with E-state index in [-0.39, 0.29) is 5.56 Å². The molecular weight excluding hydrogens is 309 g/mol. The van der Waals surface area contributed by atoms with Crippen LogP contribution in [0.25, 0.3) is 22.3 Å². The van der Waals surface area contributed by atoms with Crippen molar-refractivity contribution < 1.29 is 13.2 Å². The molecule has 0 N–H and O–H groups in total. The predicted molar refractivity (Wildman–Crippen MR) is 91.8 cm³/mol. The van der Waals surface area contributed by atoms with Crippen molar-refractivity contribution in [1.29, 1.82) is 0 Å². The van der Waals surface area contributed by atoms with Gasteiger partial charge in [-0.25, -0.2) is 0 Å². The number of benzene rings is 3. The summed E-state index contributed by atoms with van der Waals surface area (Å²) in [6.45, 7) is 4.02. The van der Waals surface area contributed by atoms with E-state index in [0.717, 1.165) is 22.3 Å². The molecule has 3 aromatic rings. The van der Waals surface area contributed by atoms with Crippen molar-refractivity contribution in [2.75, 3.05) is 0 Å². The van der Waals surface area contributed by atoms with Crippen LogP contribution in [0.15, 0.2) is 66.7 Å². The lowest BCUT2D eigenvalue weighted by Crippen LogP contribution is -2.07. The van der Waals surface area contributed by atoms with E-state index in [2.05, 4.69) is 0 Å². The fourth-order valence-corrected chi connectivity index (χ4v) is 2.75. The van der Waals surface area contributed by atoms with Crippen molar-refractivity contribution in [3.8, 4) is 22.3 Å². The van der Waals surface area contributed by atoms with Crippen LogP contribution in [-0.2, 0) is 6.18 Å². The number of aryl methyl sites for hydroxylation is 2. The summed E-state index contributed by atoms with van der Waals surface area (Å²) in [5, 5.41) is 0. The average molecular weight is 326 g/mol. The van der Waals surface area contributed by atoms with Gasteiger partial charge in [0.25, 0.3) is 0 Å². The van der Waals surface area contributed by atoms with Crippen molar-refractivity contribution >= 4 is 0 Å². The van der Waals surface area contributed by atoms with Crippen LogP contribution in [0.1, 0.15) is 16.7 Å². The largest absolute Gasteiger partial charge is 0.417 e. The van der Waals surface area contributed by atoms with Crippen molar-refractivity contribution in [2.45, 2.75) is 20.0 Å². The minimum absolute atomic E-state index is 0.207. The summed E-state index contributed by atoms with van der Waals surface area (Å²) in [5.41, 5.74) is 4.15. The van der Waals surface area contributed by atoms with Crippen molar-refractivity contribution in [3.63, 3.8) is 0 Å². The fraction of sp³-hybridized carbons (Fsp3) is 0.143. The summed E-state index contributed by atoms with van der Waals surface area (Å²) in [7, 11) is 0. The Hall–Kier alpha value is -2.55. The Labute approximate surface area is 139 Å². The molecule has 0 fully saturated rings. The van der Waals surface area contributed by atoms with Crippen LogP contribution in [0.4, 0.5) is 13.2 Å². The summed E-state index contributed by atoms with van der Waals surface area (Å²) in [5.74, 6) is 0. The predicted octanol–water partition coefficient (Wildman–Crippen LogP) is 6.66. The van der Waals surface area contributed by atoms with Gasteiger partial charge in [-0.05, 0) is 59.4 Å². The molecule has 0 aliphatic rings. The van der Waals surface area contributed by atoms with Crippen LogP contribution in [0.3, 0.4) is 0 Å². The van der Waals surface area contributed by atoms with Gasteiger partial charge in [0, 0.05) is 0 Å². The van der Waals surface area contributed by atoms with Gasteiger partial charge < -0.3 is 0 Å². The number of alkyl halides is 3. The first kappa shape index (κ1) is 16.3. The molecule has 0 heterocycles. The summed E-state index contributed by atoms with van der Waals surface area (Å²) in [4.78, 5) is 0. The highest BCUT2D eigenvalue weighted by molar-refractivity contribution is 5.76. The second kappa shape index (κ2) is 6.16. The smallest absolute Gasteiger partial charge is 0.166 e. The molecule has 0 aliphatic heterocycles. The molecule has 3 heteroatoms. The van der Waals surface area contributed by atoms with E-state index in [9.17, 15) is 13.2 Å². The average Bonchev–Trinajstić information content (AvgIpc) is 2.57. The van der Waals surface area contributed by atoms with Gasteiger partial charge in [0.05, 0.1) is 5.56 Å². The maximum Gasteiger partial charge on any atom is 0.417 e. The van der Waals surface area contributed by atoms with Gasteiger partial charge in [-0.15, -0.1) is 0 Å². The summed E-state index contributed by atoms with van der Waals surface area (Å²) < 4.78 is 40.2. The lowest BCUT2D eigenvalue weighted by Gasteiger charge is -2.15. The molecule has 0 aliphatic carbocycles. The quantitative estimate of drug-likeness (QED) is 0.494. The van der Waals surface area contributed by atoms with E-state index in [1.165, 1.54) is 6.07 Å². The molecule has 24 heavy (non-hydrogen) atoms. The normalized spacial score (nSPS) is 11.5. The molecule has 3 aromatic carbocycles. The van der Waals surface area contributed by atoms with Crippen molar-refractivity contribution in [2.24, 2.45) is 0 Å². The van der Waals surface area contributed by atoms with Crippen LogP contribution in [0.5, 0.6) is 0 Å². The first-order valence-corrected chi connectivity index (χ1v) is 7.70. The molecule has 0 unspecified atom stereocenters. The van der Waals surface area contributed by atoms with E-state index < -0.39 is 11.7 Å². The van der Waals surface area contributed by atoms with Crippen LogP contribution in [0, 0.1) is 13.8 Å². The molecule has 0 saturated heterocycles. The Kier molecular flexibility index (Phi) is 4.18. The molecular formula is C21H17F3. The zero-order valence-corrected chi connectivity index (χ0v) is 13.5. The third-order valence-electron chi connectivity index (χ3n) is 4.25. The Bertz CT molecular complexity index is 862. The molecule has 122 valence electrons. The van der Waals surface area contributed by atoms with Gasteiger partial charge in [0.15, 0.2) is 0 Å². The summed E-state index contributed by atoms with van der Waals surface area (Å²) >= 11 is 0. The topological polar surface area (TPSA) is 0 Å². The van der Waals surface area contributed by atoms with Gasteiger partial charge >= 0.3 is 6.18 Å². The minimum atomic E-state index is -4.38. The molecule has 0 aromatic heterocycles. The summed E-state index contributed by atoms with van der Waals surface area (Å²) in [6, 6.07) is 19.0. The maximum absolute atomic E-state index is 13.4. The third kappa shape index (κ3) is 3.21. The third-order valence-corrected chi connectivity index (χ3v) is 4.25. The fourth-order valence-electron chi connectivity index (χ4n) is 2.75. The Morgan fingerprint density at radius 3 is 1.88 bits per heavy atom. The van der Waals surface area contributed by atoms with Gasteiger partial charge in [0.2, 0.25) is 0 Å². The second-order valence-corrected chi connectivity index (χ2v) is 5.92. The van der Waals surface area contributed by atoms with Crippen LogP contribution in [0.2, 0.25) is 0 Å². The Morgan fingerprint density at radius 2 is 1.25 bits per heavy atom. The van der Waals surface area contributed by atoms with Gasteiger partial charge in [-0.2, -0.15) is 13.2 Å². The number of rotatable bonds is 2. The van der Waals surface area contributed by atoms with Gasteiger partial charge in [0.1, 0.15) is 0 Å². The van der Waals surface area contributed by atoms with Gasteiger partial charge in [-0.3, -0.25) is 0 Å². The van der Waals surface area contributed by atoms with Gasteiger partial charge in [-0.1, -0.05) is 54.6 Å². The van der Waals surface area contributed by atoms with Crippen molar-refractivity contribution in [3.05, 3.63) is 83.4 Å². The molecule has 3 rings (SSSR count). The lowest BCUT2D eigenvalue weighted by atomic mass is 9.93. The lowest BCUT2D eigenvalue weighted by molar-refractivity contribution is -0.137. The number of hydrogen-bond acceptors (Lipinski definition) is 0. The highest BCUT2D eigenvalue weighted by atomic mass is 19.4. The molecule has 0 bridgehead atoms. The highest BCUT2D eigenvalue weighted by Crippen LogP contribution is 2.39. The molecule has 0 spiro atoms. The zero-order valence-electron chi connectivity index (χ0n) is 13.5. The van der Waals surface area contributed by atoms with E-state index in [0.29, 0.717) is 5.56 Å². The van der Waals surface area contributed by atoms with E-state index in [4.69, 9.17) is 0 Å². The van der Waals surface area contributed by atoms with E-state index in [1.807, 2.05) is 32.0 Å². The monoisotopic (exact) mass is 326 g/mol. The van der Waals surface area contributed by atoms with Crippen LogP contribution >= 0.6 is 0 Å². The first-order chi connectivity index (χ1) is 11.4. The molecule has 0 amide bonds. The molecule has 0 radical (unpaired) electrons. The maximum atomic E-state index is 13.4. The van der Waals surface area contributed by atoms with Crippen molar-refractivity contribution in [1.82, 2.24) is 0 Å². The summed E-state index contributed by atoms with van der Waals surface area (Å²) in [6.07, 6.45) is -4.38. The number of hydrogen-bond donors (Lipinski definition) is 0. The number of halogens is 3. The zero-order chi connectivity index (χ0) is 17.3. The minimum Gasteiger partial charge on any atom is -0.166 e. The second-order valence-electron chi connectivity index (χ2n) is 5.92.